The van der Waals surface area contributed by atoms with Crippen LogP contribution in [-0.4, -0.2) is 24.4 Å². The van der Waals surface area contributed by atoms with Crippen LogP contribution >= 0.6 is 0 Å². The normalized spacial score (nSPS) is 12.0. The lowest BCUT2D eigenvalue weighted by Crippen LogP contribution is -2.07. The van der Waals surface area contributed by atoms with Crippen LogP contribution in [0.2, 0.25) is 0 Å². The largest absolute Gasteiger partial charge is 0.416 e. The summed E-state index contributed by atoms with van der Waals surface area (Å²) in [7, 11) is 0. The average molecular weight is 343 g/mol. The maximum Gasteiger partial charge on any atom is 0.416 e. The van der Waals surface area contributed by atoms with Gasteiger partial charge in [0, 0.05) is 12.4 Å². The molecule has 4 aromatic rings. The van der Waals surface area contributed by atoms with Crippen LogP contribution < -0.4 is 0 Å². The molecule has 3 heterocycles. The Morgan fingerprint density at radius 3 is 2.68 bits per heavy atom. The molecule has 0 saturated carbocycles. The van der Waals surface area contributed by atoms with Crippen LogP contribution in [0.25, 0.3) is 17.0 Å². The second-order valence-corrected chi connectivity index (χ2v) is 5.55. The van der Waals surface area contributed by atoms with Gasteiger partial charge in [-0.2, -0.15) is 23.4 Å². The van der Waals surface area contributed by atoms with E-state index in [4.69, 9.17) is 0 Å². The smallest absolute Gasteiger partial charge is 0.268 e. The second kappa shape index (κ2) is 5.73. The van der Waals surface area contributed by atoms with E-state index in [9.17, 15) is 13.2 Å². The Morgan fingerprint density at radius 1 is 1.00 bits per heavy atom. The van der Waals surface area contributed by atoms with Gasteiger partial charge in [-0.15, -0.1) is 0 Å². The summed E-state index contributed by atoms with van der Waals surface area (Å²) in [6, 6.07) is 10.6. The third-order valence-electron chi connectivity index (χ3n) is 3.74. The van der Waals surface area contributed by atoms with Crippen LogP contribution in [0.3, 0.4) is 0 Å². The van der Waals surface area contributed by atoms with E-state index < -0.39 is 11.7 Å². The predicted octanol–water partition coefficient (Wildman–Crippen LogP) is 3.66. The van der Waals surface area contributed by atoms with Crippen LogP contribution in [-0.2, 0) is 12.7 Å². The monoisotopic (exact) mass is 343 g/mol. The van der Waals surface area contributed by atoms with Crippen LogP contribution in [0.15, 0.2) is 61.1 Å². The number of benzene rings is 1. The number of aromatic nitrogens is 5. The zero-order valence-corrected chi connectivity index (χ0v) is 12.9. The summed E-state index contributed by atoms with van der Waals surface area (Å²) in [6.07, 6.45) is 0.777. The van der Waals surface area contributed by atoms with Gasteiger partial charge in [0.1, 0.15) is 11.4 Å². The van der Waals surface area contributed by atoms with E-state index in [1.165, 1.54) is 6.07 Å². The number of hydrogen-bond donors (Lipinski definition) is 0. The minimum absolute atomic E-state index is 0.246. The Balaban J connectivity index is 1.59. The number of halogens is 3. The maximum atomic E-state index is 12.8. The molecular formula is C17H12F3N5. The molecule has 0 aliphatic heterocycles. The molecule has 8 heteroatoms. The zero-order chi connectivity index (χ0) is 17.4. The summed E-state index contributed by atoms with van der Waals surface area (Å²) >= 11 is 0. The predicted molar refractivity (Wildman–Crippen MR) is 84.8 cm³/mol. The van der Waals surface area contributed by atoms with Crippen molar-refractivity contribution < 1.29 is 13.2 Å². The van der Waals surface area contributed by atoms with E-state index in [0.29, 0.717) is 22.6 Å². The van der Waals surface area contributed by atoms with Crippen LogP contribution in [0.1, 0.15) is 11.1 Å². The van der Waals surface area contributed by atoms with Gasteiger partial charge in [0.05, 0.1) is 18.3 Å². The molecule has 0 fully saturated rings. The minimum Gasteiger partial charge on any atom is -0.268 e. The third-order valence-corrected chi connectivity index (χ3v) is 3.74. The van der Waals surface area contributed by atoms with Gasteiger partial charge in [0.2, 0.25) is 0 Å². The molecule has 0 saturated heterocycles. The summed E-state index contributed by atoms with van der Waals surface area (Å²) in [5, 5.41) is 8.54. The molecule has 1 aromatic carbocycles. The highest BCUT2D eigenvalue weighted by Crippen LogP contribution is 2.29. The molecule has 25 heavy (non-hydrogen) atoms. The van der Waals surface area contributed by atoms with Crippen molar-refractivity contribution in [2.45, 2.75) is 12.7 Å². The van der Waals surface area contributed by atoms with E-state index in [0.717, 1.165) is 12.1 Å². The van der Waals surface area contributed by atoms with Crippen LogP contribution in [0, 0.1) is 0 Å². The number of nitrogens with zero attached hydrogens (tertiary/aromatic N) is 5. The lowest BCUT2D eigenvalue weighted by atomic mass is 10.1. The van der Waals surface area contributed by atoms with Crippen LogP contribution in [0.4, 0.5) is 13.2 Å². The highest BCUT2D eigenvalue weighted by atomic mass is 19.4. The summed E-state index contributed by atoms with van der Waals surface area (Å²) in [4.78, 5) is 4.43. The first kappa shape index (κ1) is 15.4. The van der Waals surface area contributed by atoms with Crippen molar-refractivity contribution in [3.05, 3.63) is 72.2 Å². The summed E-state index contributed by atoms with van der Waals surface area (Å²) in [5.41, 5.74) is 1.86. The molecule has 126 valence electrons. The summed E-state index contributed by atoms with van der Waals surface area (Å²) in [6.45, 7) is 0.246. The van der Waals surface area contributed by atoms with Crippen molar-refractivity contribution in [1.82, 2.24) is 24.4 Å². The first-order chi connectivity index (χ1) is 12.0. The summed E-state index contributed by atoms with van der Waals surface area (Å²) in [5.74, 6) is 0. The van der Waals surface area contributed by atoms with Crippen LogP contribution in [0.5, 0.6) is 0 Å². The SMILES string of the molecule is FC(F)(F)c1cccc(Cn2ccc(-c3cn4ncccc4n3)n2)c1. The van der Waals surface area contributed by atoms with E-state index in [-0.39, 0.29) is 6.54 Å². The van der Waals surface area contributed by atoms with Gasteiger partial charge >= 0.3 is 6.18 Å². The number of alkyl halides is 3. The average Bonchev–Trinajstić information content (AvgIpc) is 3.20. The van der Waals surface area contributed by atoms with E-state index in [2.05, 4.69) is 15.2 Å². The Bertz CT molecular complexity index is 999. The fraction of sp³-hybridized carbons (Fsp3) is 0.118. The Labute approximate surface area is 140 Å². The summed E-state index contributed by atoms with van der Waals surface area (Å²) < 4.78 is 41.6. The van der Waals surface area contributed by atoms with Gasteiger partial charge in [0.25, 0.3) is 0 Å². The van der Waals surface area contributed by atoms with Crippen molar-refractivity contribution in [3.8, 4) is 11.4 Å². The lowest BCUT2D eigenvalue weighted by Gasteiger charge is -2.08. The Kier molecular flexibility index (Phi) is 3.52. The van der Waals surface area contributed by atoms with Crippen molar-refractivity contribution in [1.29, 1.82) is 0 Å². The molecule has 0 spiro atoms. The first-order valence-corrected chi connectivity index (χ1v) is 7.49. The molecule has 0 atom stereocenters. The molecule has 0 aliphatic carbocycles. The van der Waals surface area contributed by atoms with Crippen molar-refractivity contribution in [3.63, 3.8) is 0 Å². The van der Waals surface area contributed by atoms with Crippen molar-refractivity contribution >= 4 is 5.65 Å². The molecule has 0 unspecified atom stereocenters. The number of rotatable bonds is 3. The van der Waals surface area contributed by atoms with Gasteiger partial charge in [0.15, 0.2) is 5.65 Å². The molecule has 0 bridgehead atoms. The van der Waals surface area contributed by atoms with Gasteiger partial charge < -0.3 is 0 Å². The molecule has 0 N–H and O–H groups in total. The fourth-order valence-electron chi connectivity index (χ4n) is 2.57. The highest BCUT2D eigenvalue weighted by Gasteiger charge is 2.30. The van der Waals surface area contributed by atoms with E-state index in [1.54, 1.807) is 46.0 Å². The molecule has 0 radical (unpaired) electrons. The molecule has 4 rings (SSSR count). The molecule has 0 amide bonds. The third kappa shape index (κ3) is 3.10. The Hall–Kier alpha value is -3.16. The Morgan fingerprint density at radius 2 is 1.88 bits per heavy atom. The standard InChI is InChI=1S/C17H12F3N5/c18-17(19,20)13-4-1-3-12(9-13)10-24-8-6-14(23-24)15-11-25-16(22-15)5-2-7-21-25/h1-9,11H,10H2. The van der Waals surface area contributed by atoms with Gasteiger partial charge in [-0.25, -0.2) is 9.50 Å². The second-order valence-electron chi connectivity index (χ2n) is 5.55. The minimum atomic E-state index is -4.35. The fourth-order valence-corrected chi connectivity index (χ4v) is 2.57. The van der Waals surface area contributed by atoms with E-state index >= 15 is 0 Å². The highest BCUT2D eigenvalue weighted by molar-refractivity contribution is 5.57. The topological polar surface area (TPSA) is 48.0 Å². The first-order valence-electron chi connectivity index (χ1n) is 7.49. The molecular weight excluding hydrogens is 331 g/mol. The van der Waals surface area contributed by atoms with E-state index in [1.807, 2.05) is 6.07 Å². The van der Waals surface area contributed by atoms with Gasteiger partial charge in [-0.3, -0.25) is 4.68 Å². The molecule has 5 nitrogen and oxygen atoms in total. The van der Waals surface area contributed by atoms with Gasteiger partial charge in [-0.1, -0.05) is 12.1 Å². The zero-order valence-electron chi connectivity index (χ0n) is 12.9. The lowest BCUT2D eigenvalue weighted by molar-refractivity contribution is -0.137. The molecule has 0 aliphatic rings. The van der Waals surface area contributed by atoms with Crippen molar-refractivity contribution in [2.24, 2.45) is 0 Å². The molecule has 3 aromatic heterocycles. The number of imidazole rings is 1. The van der Waals surface area contributed by atoms with Crippen molar-refractivity contribution in [2.75, 3.05) is 0 Å². The maximum absolute atomic E-state index is 12.8. The van der Waals surface area contributed by atoms with Gasteiger partial charge in [-0.05, 0) is 35.9 Å². The quantitative estimate of drug-likeness (QED) is 0.570. The number of hydrogen-bond acceptors (Lipinski definition) is 3. The number of fused-ring (bicyclic) bond motifs is 1.